The van der Waals surface area contributed by atoms with Crippen molar-refractivity contribution < 1.29 is 9.90 Å². The van der Waals surface area contributed by atoms with Crippen molar-refractivity contribution >= 4 is 5.97 Å². The highest BCUT2D eigenvalue weighted by molar-refractivity contribution is 5.67. The lowest BCUT2D eigenvalue weighted by Gasteiger charge is -2.20. The van der Waals surface area contributed by atoms with Gasteiger partial charge in [-0.3, -0.25) is 9.69 Å². The average molecular weight is 352 g/mol. The predicted octanol–water partition coefficient (Wildman–Crippen LogP) is 3.51. The molecule has 1 aliphatic heterocycles. The van der Waals surface area contributed by atoms with Crippen LogP contribution in [0.3, 0.4) is 0 Å². The van der Waals surface area contributed by atoms with E-state index in [4.69, 9.17) is 5.11 Å². The second-order valence-corrected chi connectivity index (χ2v) is 7.22. The van der Waals surface area contributed by atoms with Crippen LogP contribution in [0.4, 0.5) is 0 Å². The van der Waals surface area contributed by atoms with Crippen LogP contribution in [-0.4, -0.2) is 54.1 Å². The van der Waals surface area contributed by atoms with Gasteiger partial charge in [0.2, 0.25) is 0 Å². The molecule has 1 N–H and O–H groups in total. The normalized spacial score (nSPS) is 16.3. The first-order valence-corrected chi connectivity index (χ1v) is 9.41. The van der Waals surface area contributed by atoms with Crippen LogP contribution in [-0.2, 0) is 17.8 Å². The summed E-state index contributed by atoms with van der Waals surface area (Å²) in [6.45, 7) is 5.66. The molecule has 138 valence electrons. The third kappa shape index (κ3) is 5.41. The summed E-state index contributed by atoms with van der Waals surface area (Å²) in [5.74, 6) is -0.749. The fourth-order valence-corrected chi connectivity index (χ4v) is 3.43. The van der Waals surface area contributed by atoms with E-state index in [9.17, 15) is 4.79 Å². The van der Waals surface area contributed by atoms with Crippen LogP contribution in [0.2, 0.25) is 0 Å². The molecule has 26 heavy (non-hydrogen) atoms. The summed E-state index contributed by atoms with van der Waals surface area (Å²) in [5.41, 5.74) is 4.80. The zero-order chi connectivity index (χ0) is 18.4. The highest BCUT2D eigenvalue weighted by Gasteiger charge is 2.12. The maximum Gasteiger partial charge on any atom is 0.303 e. The van der Waals surface area contributed by atoms with E-state index >= 15 is 0 Å². The Labute approximate surface area is 156 Å². The minimum Gasteiger partial charge on any atom is -0.481 e. The molecule has 1 saturated heterocycles. The van der Waals surface area contributed by atoms with E-state index < -0.39 is 5.97 Å². The Kier molecular flexibility index (Phi) is 6.42. The number of carbonyl (C=O) groups is 1. The molecule has 0 atom stereocenters. The van der Waals surface area contributed by atoms with E-state index in [1.54, 1.807) is 0 Å². The molecule has 0 spiro atoms. The lowest BCUT2D eigenvalue weighted by Crippen LogP contribution is -2.28. The molecule has 0 unspecified atom stereocenters. The summed E-state index contributed by atoms with van der Waals surface area (Å²) in [7, 11) is 2.20. The molecule has 4 heteroatoms. The second-order valence-electron chi connectivity index (χ2n) is 7.22. The third-order valence-corrected chi connectivity index (χ3v) is 5.09. The van der Waals surface area contributed by atoms with Gasteiger partial charge in [0.05, 0.1) is 0 Å². The minimum atomic E-state index is -0.749. The van der Waals surface area contributed by atoms with E-state index in [0.717, 1.165) is 25.2 Å². The number of rotatable bonds is 6. The number of aliphatic carboxylic acids is 1. The molecule has 0 aromatic heterocycles. The van der Waals surface area contributed by atoms with Crippen molar-refractivity contribution in [2.45, 2.75) is 25.8 Å². The van der Waals surface area contributed by atoms with Crippen LogP contribution in [0, 0.1) is 0 Å². The summed E-state index contributed by atoms with van der Waals surface area (Å²) in [5, 5.41) is 8.77. The summed E-state index contributed by atoms with van der Waals surface area (Å²) in [4.78, 5) is 15.6. The van der Waals surface area contributed by atoms with Crippen molar-refractivity contribution in [2.24, 2.45) is 0 Å². The molecule has 1 fully saturated rings. The summed E-state index contributed by atoms with van der Waals surface area (Å²) >= 11 is 0. The van der Waals surface area contributed by atoms with Crippen LogP contribution in [0.5, 0.6) is 0 Å². The molecule has 0 bridgehead atoms. The van der Waals surface area contributed by atoms with E-state index in [2.05, 4.69) is 53.2 Å². The second kappa shape index (κ2) is 8.97. The zero-order valence-electron chi connectivity index (χ0n) is 15.5. The fourth-order valence-electron chi connectivity index (χ4n) is 3.43. The maximum atomic E-state index is 10.7. The van der Waals surface area contributed by atoms with Crippen molar-refractivity contribution in [1.82, 2.24) is 9.80 Å². The topological polar surface area (TPSA) is 43.8 Å². The number of carboxylic acids is 1. The van der Waals surface area contributed by atoms with Crippen molar-refractivity contribution in [3.8, 4) is 11.1 Å². The fraction of sp³-hybridized carbons (Fsp3) is 0.409. The monoisotopic (exact) mass is 352 g/mol. The summed E-state index contributed by atoms with van der Waals surface area (Å²) < 4.78 is 0. The van der Waals surface area contributed by atoms with Gasteiger partial charge >= 0.3 is 5.97 Å². The quantitative estimate of drug-likeness (QED) is 0.864. The van der Waals surface area contributed by atoms with Crippen molar-refractivity contribution in [3.63, 3.8) is 0 Å². The van der Waals surface area contributed by atoms with E-state index in [0.29, 0.717) is 6.42 Å². The number of carboxylic acid groups (broad SMARTS) is 1. The number of hydrogen-bond acceptors (Lipinski definition) is 3. The number of benzene rings is 2. The first-order chi connectivity index (χ1) is 12.6. The maximum absolute atomic E-state index is 10.7. The SMILES string of the molecule is CN1CCCN(Cc2ccc(-c3ccc(CCC(=O)O)cc3)cc2)CC1. The molecule has 0 radical (unpaired) electrons. The van der Waals surface area contributed by atoms with Crippen molar-refractivity contribution in [2.75, 3.05) is 33.2 Å². The Morgan fingerprint density at radius 3 is 2.12 bits per heavy atom. The molecule has 0 amide bonds. The lowest BCUT2D eigenvalue weighted by molar-refractivity contribution is -0.136. The van der Waals surface area contributed by atoms with Gasteiger partial charge in [-0.15, -0.1) is 0 Å². The predicted molar refractivity (Wildman–Crippen MR) is 105 cm³/mol. The Bertz CT molecular complexity index is 710. The average Bonchev–Trinajstić information content (AvgIpc) is 2.85. The Balaban J connectivity index is 1.59. The molecule has 2 aromatic rings. The van der Waals surface area contributed by atoms with Gasteiger partial charge < -0.3 is 10.0 Å². The summed E-state index contributed by atoms with van der Waals surface area (Å²) in [6, 6.07) is 17.0. The van der Waals surface area contributed by atoms with Gasteiger partial charge in [-0.2, -0.15) is 0 Å². The molecule has 0 saturated carbocycles. The van der Waals surface area contributed by atoms with Crippen LogP contribution in [0.1, 0.15) is 24.0 Å². The number of aryl methyl sites for hydroxylation is 1. The lowest BCUT2D eigenvalue weighted by atomic mass is 10.0. The molecule has 1 heterocycles. The van der Waals surface area contributed by atoms with Gasteiger partial charge in [0.25, 0.3) is 0 Å². The number of nitrogens with zero attached hydrogens (tertiary/aromatic N) is 2. The van der Waals surface area contributed by atoms with Gasteiger partial charge in [-0.05, 0) is 55.2 Å². The Hall–Kier alpha value is -2.17. The highest BCUT2D eigenvalue weighted by atomic mass is 16.4. The van der Waals surface area contributed by atoms with Gasteiger partial charge in [-0.1, -0.05) is 48.5 Å². The van der Waals surface area contributed by atoms with Crippen LogP contribution in [0.25, 0.3) is 11.1 Å². The van der Waals surface area contributed by atoms with Crippen molar-refractivity contribution in [3.05, 3.63) is 59.7 Å². The Morgan fingerprint density at radius 1 is 0.885 bits per heavy atom. The smallest absolute Gasteiger partial charge is 0.303 e. The van der Waals surface area contributed by atoms with Crippen LogP contribution < -0.4 is 0 Å². The molecule has 2 aromatic carbocycles. The molecule has 4 nitrogen and oxygen atoms in total. The number of likely N-dealkylation sites (N-methyl/N-ethyl adjacent to an activating group) is 1. The van der Waals surface area contributed by atoms with E-state index in [1.165, 1.54) is 36.2 Å². The van der Waals surface area contributed by atoms with Crippen molar-refractivity contribution in [1.29, 1.82) is 0 Å². The van der Waals surface area contributed by atoms with Gasteiger partial charge in [-0.25, -0.2) is 0 Å². The standard InChI is InChI=1S/C22H28N2O2/c1-23-13-2-14-24(16-15-23)17-19-5-10-21(11-6-19)20-8-3-18(4-9-20)7-12-22(25)26/h3-6,8-11H,2,7,12-17H2,1H3,(H,25,26). The molecular weight excluding hydrogens is 324 g/mol. The van der Waals surface area contributed by atoms with E-state index in [1.807, 2.05) is 12.1 Å². The molecule has 0 aliphatic carbocycles. The number of hydrogen-bond donors (Lipinski definition) is 1. The van der Waals surface area contributed by atoms with Gasteiger partial charge in [0.15, 0.2) is 0 Å². The molecular formula is C22H28N2O2. The van der Waals surface area contributed by atoms with E-state index in [-0.39, 0.29) is 6.42 Å². The summed E-state index contributed by atoms with van der Waals surface area (Å²) in [6.07, 6.45) is 2.00. The zero-order valence-corrected chi connectivity index (χ0v) is 15.5. The largest absolute Gasteiger partial charge is 0.481 e. The van der Waals surface area contributed by atoms with Gasteiger partial charge in [0, 0.05) is 26.1 Å². The van der Waals surface area contributed by atoms with Crippen LogP contribution in [0.15, 0.2) is 48.5 Å². The minimum absolute atomic E-state index is 0.181. The molecule has 3 rings (SSSR count). The van der Waals surface area contributed by atoms with Gasteiger partial charge in [0.1, 0.15) is 0 Å². The Morgan fingerprint density at radius 2 is 1.50 bits per heavy atom. The third-order valence-electron chi connectivity index (χ3n) is 5.09. The highest BCUT2D eigenvalue weighted by Crippen LogP contribution is 2.21. The first-order valence-electron chi connectivity index (χ1n) is 9.41. The molecule has 1 aliphatic rings. The first kappa shape index (κ1) is 18.6. The van der Waals surface area contributed by atoms with Crippen LogP contribution >= 0.6 is 0 Å².